The lowest BCUT2D eigenvalue weighted by molar-refractivity contribution is -0.140. The van der Waals surface area contributed by atoms with Gasteiger partial charge >= 0.3 is 0 Å². The molecule has 0 aromatic heterocycles. The van der Waals surface area contributed by atoms with Crippen molar-refractivity contribution in [3.05, 3.63) is 82.9 Å². The number of ether oxygens (including phenoxy) is 2. The van der Waals surface area contributed by atoms with Crippen LogP contribution in [0.2, 0.25) is 0 Å². The number of fused-ring (bicyclic) bond motifs is 1. The van der Waals surface area contributed by atoms with E-state index in [-0.39, 0.29) is 24.5 Å². The van der Waals surface area contributed by atoms with Crippen LogP contribution in [0.4, 0.5) is 0 Å². The fraction of sp³-hybridized carbons (Fsp3) is 0.310. The maximum atomic E-state index is 13.3. The summed E-state index contributed by atoms with van der Waals surface area (Å²) in [6.45, 7) is 7.13. The fourth-order valence-corrected chi connectivity index (χ4v) is 4.48. The normalized spacial score (nSPS) is 17.5. The molecule has 1 amide bonds. The molecule has 182 valence electrons. The van der Waals surface area contributed by atoms with E-state index in [2.05, 4.69) is 13.8 Å². The molecule has 3 aromatic carbocycles. The lowest BCUT2D eigenvalue weighted by atomic mass is 9.91. The molecule has 1 aliphatic rings. The third-order valence-corrected chi connectivity index (χ3v) is 6.21. The van der Waals surface area contributed by atoms with Gasteiger partial charge in [0.2, 0.25) is 0 Å². The molecular weight excluding hydrogens is 442 g/mol. The summed E-state index contributed by atoms with van der Waals surface area (Å²) >= 11 is 0. The van der Waals surface area contributed by atoms with E-state index in [9.17, 15) is 14.7 Å². The van der Waals surface area contributed by atoms with E-state index in [4.69, 9.17) is 9.47 Å². The van der Waals surface area contributed by atoms with Crippen molar-refractivity contribution in [1.29, 1.82) is 0 Å². The molecule has 1 unspecified atom stereocenters. The summed E-state index contributed by atoms with van der Waals surface area (Å²) in [5, 5.41) is 13.3. The van der Waals surface area contributed by atoms with Gasteiger partial charge in [0.25, 0.3) is 11.7 Å². The molecule has 1 aliphatic heterocycles. The average molecular weight is 474 g/mol. The molecule has 1 fully saturated rings. The van der Waals surface area contributed by atoms with Crippen LogP contribution >= 0.6 is 0 Å². The van der Waals surface area contributed by atoms with Gasteiger partial charge in [-0.3, -0.25) is 9.59 Å². The van der Waals surface area contributed by atoms with Crippen LogP contribution in [0.5, 0.6) is 5.75 Å². The molecule has 1 atom stereocenters. The second-order valence-electron chi connectivity index (χ2n) is 9.24. The van der Waals surface area contributed by atoms with Crippen LogP contribution in [0.15, 0.2) is 66.2 Å². The van der Waals surface area contributed by atoms with E-state index in [1.807, 2.05) is 49.4 Å². The van der Waals surface area contributed by atoms with Crippen molar-refractivity contribution in [3.8, 4) is 5.75 Å². The summed E-state index contributed by atoms with van der Waals surface area (Å²) in [5.74, 6) is -0.433. The third kappa shape index (κ3) is 4.80. The second kappa shape index (κ2) is 10.3. The van der Waals surface area contributed by atoms with Crippen LogP contribution in [-0.2, 0) is 14.3 Å². The van der Waals surface area contributed by atoms with Gasteiger partial charge in [-0.2, -0.15) is 0 Å². The summed E-state index contributed by atoms with van der Waals surface area (Å²) < 4.78 is 11.1. The first-order chi connectivity index (χ1) is 16.8. The molecule has 6 nitrogen and oxygen atoms in total. The Kier molecular flexibility index (Phi) is 7.22. The summed E-state index contributed by atoms with van der Waals surface area (Å²) in [4.78, 5) is 27.9. The van der Waals surface area contributed by atoms with Crippen LogP contribution < -0.4 is 4.74 Å². The maximum absolute atomic E-state index is 13.3. The van der Waals surface area contributed by atoms with Gasteiger partial charge in [-0.15, -0.1) is 0 Å². The number of hydrogen-bond donors (Lipinski definition) is 1. The van der Waals surface area contributed by atoms with Crippen LogP contribution in [0.3, 0.4) is 0 Å². The van der Waals surface area contributed by atoms with E-state index in [1.54, 1.807) is 25.3 Å². The first-order valence-electron chi connectivity index (χ1n) is 11.8. The molecule has 35 heavy (non-hydrogen) atoms. The molecule has 1 heterocycles. The highest BCUT2D eigenvalue weighted by Crippen LogP contribution is 2.42. The Morgan fingerprint density at radius 2 is 1.80 bits per heavy atom. The number of carbonyl (C=O) groups excluding carboxylic acids is 2. The van der Waals surface area contributed by atoms with Gasteiger partial charge < -0.3 is 19.5 Å². The third-order valence-electron chi connectivity index (χ3n) is 6.21. The summed E-state index contributed by atoms with van der Waals surface area (Å²) in [5.41, 5.74) is 2.17. The van der Waals surface area contributed by atoms with Gasteiger partial charge in [0, 0.05) is 19.2 Å². The Bertz CT molecular complexity index is 1290. The number of methoxy groups -OCH3 is 1. The van der Waals surface area contributed by atoms with Crippen molar-refractivity contribution in [3.63, 3.8) is 0 Å². The molecule has 0 saturated carbocycles. The van der Waals surface area contributed by atoms with Crippen molar-refractivity contribution in [2.24, 2.45) is 5.92 Å². The topological polar surface area (TPSA) is 76.1 Å². The highest BCUT2D eigenvalue weighted by molar-refractivity contribution is 6.46. The summed E-state index contributed by atoms with van der Waals surface area (Å²) in [6, 6.07) is 18.2. The number of hydrogen-bond acceptors (Lipinski definition) is 5. The number of Topliss-reactive ketones (excluding diaryl/α,β-unsaturated/α-hetero) is 1. The van der Waals surface area contributed by atoms with E-state index < -0.39 is 17.7 Å². The van der Waals surface area contributed by atoms with Crippen molar-refractivity contribution in [1.82, 2.24) is 4.90 Å². The standard InChI is InChI=1S/C29H31NO5/c1-18(2)17-35-24-13-12-21(16-19(24)3)27(31)25-26(30(14-15-34-4)29(33)28(25)32)23-11-7-9-20-8-5-6-10-22(20)23/h5-13,16,18,26,31H,14-15,17H2,1-4H3/b27-25-. The average Bonchev–Trinajstić information content (AvgIpc) is 3.10. The number of ketones is 1. The molecule has 6 heteroatoms. The van der Waals surface area contributed by atoms with Gasteiger partial charge in [0.05, 0.1) is 24.8 Å². The summed E-state index contributed by atoms with van der Waals surface area (Å²) in [6.07, 6.45) is 0. The number of aryl methyl sites for hydroxylation is 1. The molecule has 0 spiro atoms. The summed E-state index contributed by atoms with van der Waals surface area (Å²) in [7, 11) is 1.55. The van der Waals surface area contributed by atoms with E-state index in [1.165, 1.54) is 4.90 Å². The Balaban J connectivity index is 1.85. The monoisotopic (exact) mass is 473 g/mol. The van der Waals surface area contributed by atoms with Gasteiger partial charge in [-0.05, 0) is 52.9 Å². The Morgan fingerprint density at radius 1 is 1.06 bits per heavy atom. The van der Waals surface area contributed by atoms with Gasteiger partial charge in [0.1, 0.15) is 11.5 Å². The zero-order valence-corrected chi connectivity index (χ0v) is 20.6. The van der Waals surface area contributed by atoms with Crippen LogP contribution in [0, 0.1) is 12.8 Å². The van der Waals surface area contributed by atoms with Gasteiger partial charge in [-0.1, -0.05) is 56.3 Å². The predicted octanol–water partition coefficient (Wildman–Crippen LogP) is 5.25. The number of rotatable bonds is 8. The van der Waals surface area contributed by atoms with Crippen LogP contribution in [0.1, 0.15) is 36.6 Å². The number of likely N-dealkylation sites (tertiary alicyclic amines) is 1. The molecule has 0 radical (unpaired) electrons. The highest BCUT2D eigenvalue weighted by Gasteiger charge is 2.46. The highest BCUT2D eigenvalue weighted by atomic mass is 16.5. The number of aliphatic hydroxyl groups excluding tert-OH is 1. The Morgan fingerprint density at radius 3 is 2.51 bits per heavy atom. The predicted molar refractivity (Wildman–Crippen MR) is 136 cm³/mol. The van der Waals surface area contributed by atoms with E-state index in [0.29, 0.717) is 18.1 Å². The molecule has 0 bridgehead atoms. The van der Waals surface area contributed by atoms with Crippen LogP contribution in [-0.4, -0.2) is 48.6 Å². The SMILES string of the molecule is COCCN1C(=O)C(=O)/C(=C(\O)c2ccc(OCC(C)C)c(C)c2)C1c1cccc2ccccc12. The van der Waals surface area contributed by atoms with Crippen LogP contribution in [0.25, 0.3) is 16.5 Å². The Labute approximate surface area is 205 Å². The minimum atomic E-state index is -0.728. The minimum absolute atomic E-state index is 0.0812. The Hall–Kier alpha value is -3.64. The zero-order chi connectivity index (χ0) is 25.1. The number of aliphatic hydroxyl groups is 1. The first kappa shape index (κ1) is 24.5. The van der Waals surface area contributed by atoms with Gasteiger partial charge in [-0.25, -0.2) is 0 Å². The molecule has 1 saturated heterocycles. The number of carbonyl (C=O) groups is 2. The molecule has 1 N–H and O–H groups in total. The van der Waals surface area contributed by atoms with Crippen molar-refractivity contribution in [2.45, 2.75) is 26.8 Å². The maximum Gasteiger partial charge on any atom is 0.295 e. The minimum Gasteiger partial charge on any atom is -0.507 e. The largest absolute Gasteiger partial charge is 0.507 e. The first-order valence-corrected chi connectivity index (χ1v) is 11.8. The molecule has 4 rings (SSSR count). The quantitative estimate of drug-likeness (QED) is 0.275. The number of benzene rings is 3. The molecule has 3 aromatic rings. The van der Waals surface area contributed by atoms with Crippen molar-refractivity contribution in [2.75, 3.05) is 26.9 Å². The van der Waals surface area contributed by atoms with Crippen molar-refractivity contribution >= 4 is 28.2 Å². The molecule has 0 aliphatic carbocycles. The zero-order valence-electron chi connectivity index (χ0n) is 20.6. The second-order valence-corrected chi connectivity index (χ2v) is 9.24. The lowest BCUT2D eigenvalue weighted by Gasteiger charge is -2.26. The van der Waals surface area contributed by atoms with E-state index >= 15 is 0 Å². The number of amides is 1. The number of nitrogens with zero attached hydrogens (tertiary/aromatic N) is 1. The fourth-order valence-electron chi connectivity index (χ4n) is 4.48. The molecular formula is C29H31NO5. The van der Waals surface area contributed by atoms with E-state index in [0.717, 1.165) is 27.6 Å². The smallest absolute Gasteiger partial charge is 0.295 e. The van der Waals surface area contributed by atoms with Crippen molar-refractivity contribution < 1.29 is 24.2 Å². The lowest BCUT2D eigenvalue weighted by Crippen LogP contribution is -2.32. The van der Waals surface area contributed by atoms with Gasteiger partial charge in [0.15, 0.2) is 0 Å².